The van der Waals surface area contributed by atoms with E-state index in [4.69, 9.17) is 16.3 Å². The van der Waals surface area contributed by atoms with Gasteiger partial charge >= 0.3 is 0 Å². The Hall–Kier alpha value is -1.51. The third-order valence-electron chi connectivity index (χ3n) is 7.89. The molecule has 154 valence electrons. The molecule has 2 aromatic carbocycles. The van der Waals surface area contributed by atoms with Gasteiger partial charge in [0.1, 0.15) is 12.4 Å². The van der Waals surface area contributed by atoms with Crippen LogP contribution in [0.4, 0.5) is 0 Å². The maximum absolute atomic E-state index is 6.21. The fourth-order valence-electron chi connectivity index (χ4n) is 6.68. The minimum Gasteiger partial charge on any atom is -0.489 e. The molecule has 0 heterocycles. The average molecular weight is 410 g/mol. The van der Waals surface area contributed by atoms with Crippen molar-refractivity contribution >= 4 is 11.6 Å². The van der Waals surface area contributed by atoms with Crippen LogP contribution in [0.15, 0.2) is 48.5 Å². The Morgan fingerprint density at radius 3 is 2.21 bits per heavy atom. The van der Waals surface area contributed by atoms with Crippen molar-refractivity contribution in [2.24, 2.45) is 23.2 Å². The molecule has 0 radical (unpaired) electrons. The van der Waals surface area contributed by atoms with Gasteiger partial charge in [-0.25, -0.2) is 0 Å². The van der Waals surface area contributed by atoms with Crippen LogP contribution in [0.1, 0.15) is 56.6 Å². The van der Waals surface area contributed by atoms with Gasteiger partial charge in [-0.3, -0.25) is 0 Å². The highest BCUT2D eigenvalue weighted by Crippen LogP contribution is 2.61. The molecular weight excluding hydrogens is 378 g/mol. The molecule has 6 rings (SSSR count). The zero-order valence-corrected chi connectivity index (χ0v) is 18.1. The minimum atomic E-state index is 0.500. The molecule has 0 aromatic heterocycles. The second-order valence-electron chi connectivity index (χ2n) is 9.91. The highest BCUT2D eigenvalue weighted by Gasteiger charge is 2.52. The van der Waals surface area contributed by atoms with Gasteiger partial charge in [-0.1, -0.05) is 41.9 Å². The lowest BCUT2D eigenvalue weighted by Crippen LogP contribution is -2.54. The molecule has 1 N–H and O–H groups in total. The standard InChI is InChI=1S/C26H32ClNO/c1-18(26-13-20-10-21(14-26)12-22(11-20)15-26)28-16-19-6-8-24(9-7-19)29-17-23-4-2-3-5-25(23)27/h2-9,18,20-22,28H,10-17H2,1H3/t18-,20?,21?,22?,26?/m0/s1. The number of nitrogens with one attached hydrogen (secondary N) is 1. The Morgan fingerprint density at radius 1 is 0.966 bits per heavy atom. The fraction of sp³-hybridized carbons (Fsp3) is 0.538. The molecule has 29 heavy (non-hydrogen) atoms. The van der Waals surface area contributed by atoms with E-state index in [-0.39, 0.29) is 0 Å². The molecule has 4 saturated carbocycles. The number of halogens is 1. The second-order valence-corrected chi connectivity index (χ2v) is 10.3. The zero-order valence-electron chi connectivity index (χ0n) is 17.4. The van der Waals surface area contributed by atoms with E-state index in [2.05, 4.69) is 36.5 Å². The first kappa shape index (κ1) is 19.5. The smallest absolute Gasteiger partial charge is 0.119 e. The van der Waals surface area contributed by atoms with E-state index in [1.165, 1.54) is 44.1 Å². The molecule has 2 aromatic rings. The summed E-state index contributed by atoms with van der Waals surface area (Å²) >= 11 is 6.21. The highest BCUT2D eigenvalue weighted by atomic mass is 35.5. The quantitative estimate of drug-likeness (QED) is 0.555. The van der Waals surface area contributed by atoms with Crippen LogP contribution < -0.4 is 10.1 Å². The normalized spacial score (nSPS) is 31.0. The molecule has 0 unspecified atom stereocenters. The van der Waals surface area contributed by atoms with E-state index >= 15 is 0 Å². The van der Waals surface area contributed by atoms with E-state index in [1.54, 1.807) is 0 Å². The van der Waals surface area contributed by atoms with Crippen molar-refractivity contribution in [3.63, 3.8) is 0 Å². The minimum absolute atomic E-state index is 0.500. The molecule has 0 aliphatic heterocycles. The molecule has 0 saturated heterocycles. The van der Waals surface area contributed by atoms with Gasteiger partial charge in [-0.15, -0.1) is 0 Å². The summed E-state index contributed by atoms with van der Waals surface area (Å²) in [6.45, 7) is 3.88. The van der Waals surface area contributed by atoms with Crippen molar-refractivity contribution < 1.29 is 4.74 Å². The Balaban J connectivity index is 1.15. The van der Waals surface area contributed by atoms with Crippen LogP contribution >= 0.6 is 11.6 Å². The third kappa shape index (κ3) is 4.07. The van der Waals surface area contributed by atoms with E-state index in [9.17, 15) is 0 Å². The van der Waals surface area contributed by atoms with Gasteiger partial charge in [0.25, 0.3) is 0 Å². The maximum Gasteiger partial charge on any atom is 0.119 e. The molecule has 0 spiro atoms. The maximum atomic E-state index is 6.21. The number of benzene rings is 2. The van der Waals surface area contributed by atoms with Crippen LogP contribution in [-0.2, 0) is 13.2 Å². The van der Waals surface area contributed by atoms with Crippen LogP contribution in [0.25, 0.3) is 0 Å². The number of ether oxygens (including phenoxy) is 1. The average Bonchev–Trinajstić information content (AvgIpc) is 2.71. The zero-order chi connectivity index (χ0) is 19.8. The molecule has 1 atom stereocenters. The monoisotopic (exact) mass is 409 g/mol. The Morgan fingerprint density at radius 2 is 1.59 bits per heavy atom. The van der Waals surface area contributed by atoms with Gasteiger partial charge in [0.2, 0.25) is 0 Å². The molecule has 3 heteroatoms. The molecular formula is C26H32ClNO. The second kappa shape index (κ2) is 7.96. The lowest BCUT2D eigenvalue weighted by atomic mass is 9.48. The van der Waals surface area contributed by atoms with Gasteiger partial charge in [-0.05, 0) is 92.4 Å². The summed E-state index contributed by atoms with van der Waals surface area (Å²) in [5, 5.41) is 4.64. The highest BCUT2D eigenvalue weighted by molar-refractivity contribution is 6.31. The predicted octanol–water partition coefficient (Wildman–Crippen LogP) is 6.61. The molecule has 4 aliphatic rings. The van der Waals surface area contributed by atoms with Gasteiger partial charge in [-0.2, -0.15) is 0 Å². The summed E-state index contributed by atoms with van der Waals surface area (Å²) in [5.74, 6) is 3.93. The first-order valence-corrected chi connectivity index (χ1v) is 11.7. The van der Waals surface area contributed by atoms with Gasteiger partial charge in [0, 0.05) is 23.2 Å². The molecule has 2 nitrogen and oxygen atoms in total. The molecule has 4 aliphatic carbocycles. The lowest BCUT2D eigenvalue weighted by molar-refractivity contribution is -0.0706. The van der Waals surface area contributed by atoms with Gasteiger partial charge in [0.15, 0.2) is 0 Å². The van der Waals surface area contributed by atoms with E-state index in [0.717, 1.165) is 40.6 Å². The summed E-state index contributed by atoms with van der Waals surface area (Å²) in [6.07, 6.45) is 8.93. The Labute approximate surface area is 180 Å². The van der Waals surface area contributed by atoms with Crippen LogP contribution in [0.3, 0.4) is 0 Å². The summed E-state index contributed by atoms with van der Waals surface area (Å²) in [4.78, 5) is 0. The van der Waals surface area contributed by atoms with E-state index in [0.29, 0.717) is 18.1 Å². The van der Waals surface area contributed by atoms with E-state index < -0.39 is 0 Å². The number of rotatable bonds is 7. The van der Waals surface area contributed by atoms with Crippen molar-refractivity contribution in [1.29, 1.82) is 0 Å². The van der Waals surface area contributed by atoms with Crippen LogP contribution in [0, 0.1) is 23.2 Å². The SMILES string of the molecule is C[C@H](NCc1ccc(OCc2ccccc2Cl)cc1)C12CC3CC(CC(C3)C1)C2. The predicted molar refractivity (Wildman–Crippen MR) is 119 cm³/mol. The largest absolute Gasteiger partial charge is 0.489 e. The topological polar surface area (TPSA) is 21.3 Å². The fourth-order valence-corrected chi connectivity index (χ4v) is 6.87. The first-order valence-electron chi connectivity index (χ1n) is 11.3. The Bertz CT molecular complexity index is 811. The van der Waals surface area contributed by atoms with Crippen LogP contribution in [-0.4, -0.2) is 6.04 Å². The summed E-state index contributed by atoms with van der Waals surface area (Å²) in [7, 11) is 0. The third-order valence-corrected chi connectivity index (χ3v) is 8.26. The van der Waals surface area contributed by atoms with Crippen molar-refractivity contribution in [1.82, 2.24) is 5.32 Å². The molecule has 4 fully saturated rings. The molecule has 4 bridgehead atoms. The lowest BCUT2D eigenvalue weighted by Gasteiger charge is -2.59. The summed E-state index contributed by atoms with van der Waals surface area (Å²) in [5.41, 5.74) is 2.91. The van der Waals surface area contributed by atoms with E-state index in [1.807, 2.05) is 24.3 Å². The van der Waals surface area contributed by atoms with Crippen molar-refractivity contribution in [2.45, 2.75) is 64.6 Å². The molecule has 0 amide bonds. The van der Waals surface area contributed by atoms with Crippen molar-refractivity contribution in [3.05, 3.63) is 64.7 Å². The van der Waals surface area contributed by atoms with Crippen molar-refractivity contribution in [2.75, 3.05) is 0 Å². The van der Waals surface area contributed by atoms with Gasteiger partial charge < -0.3 is 10.1 Å². The number of hydrogen-bond acceptors (Lipinski definition) is 2. The Kier molecular flexibility index (Phi) is 5.34. The van der Waals surface area contributed by atoms with Gasteiger partial charge in [0.05, 0.1) is 0 Å². The first-order chi connectivity index (χ1) is 14.1. The summed E-state index contributed by atoms with van der Waals surface area (Å²) in [6, 6.07) is 17.0. The van der Waals surface area contributed by atoms with Crippen LogP contribution in [0.2, 0.25) is 5.02 Å². The van der Waals surface area contributed by atoms with Crippen molar-refractivity contribution in [3.8, 4) is 5.75 Å². The number of hydrogen-bond donors (Lipinski definition) is 1. The van der Waals surface area contributed by atoms with Crippen LogP contribution in [0.5, 0.6) is 5.75 Å². The summed E-state index contributed by atoms with van der Waals surface area (Å²) < 4.78 is 5.91.